The van der Waals surface area contributed by atoms with E-state index >= 15 is 0 Å². The van der Waals surface area contributed by atoms with Gasteiger partial charge in [0.05, 0.1) is 17.1 Å². The molecule has 0 amide bonds. The van der Waals surface area contributed by atoms with Gasteiger partial charge < -0.3 is 9.84 Å². The van der Waals surface area contributed by atoms with Crippen LogP contribution in [-0.2, 0) is 16.6 Å². The Morgan fingerprint density at radius 3 is 2.15 bits per heavy atom. The molecule has 0 bridgehead atoms. The van der Waals surface area contributed by atoms with Crippen molar-refractivity contribution in [3.05, 3.63) is 28.7 Å². The van der Waals surface area contributed by atoms with Crippen molar-refractivity contribution >= 4 is 15.7 Å². The summed E-state index contributed by atoms with van der Waals surface area (Å²) in [5.74, 6) is 0.284. The van der Waals surface area contributed by atoms with Gasteiger partial charge in [0, 0.05) is 23.1 Å². The lowest BCUT2D eigenvalue weighted by Gasteiger charge is -2.16. The topological polar surface area (TPSA) is 95.7 Å². The molecule has 0 aromatic heterocycles. The Labute approximate surface area is 164 Å². The number of benzene rings is 1. The van der Waals surface area contributed by atoms with Crippen molar-refractivity contribution in [2.24, 2.45) is 0 Å². The van der Waals surface area contributed by atoms with E-state index in [-0.39, 0.29) is 24.1 Å². The van der Waals surface area contributed by atoms with E-state index in [1.54, 1.807) is 12.1 Å². The summed E-state index contributed by atoms with van der Waals surface area (Å²) in [4.78, 5) is 11.7. The van der Waals surface area contributed by atoms with E-state index in [0.717, 1.165) is 12.7 Å². The molecule has 7 nitrogen and oxygen atoms in total. The van der Waals surface area contributed by atoms with Crippen molar-refractivity contribution in [3.8, 4) is 5.75 Å². The van der Waals surface area contributed by atoms with Gasteiger partial charge in [0.2, 0.25) is 10.0 Å². The third-order valence-electron chi connectivity index (χ3n) is 3.39. The van der Waals surface area contributed by atoms with Crippen LogP contribution in [0.5, 0.6) is 5.75 Å². The molecule has 1 atom stereocenters. The standard InChI is InChI=1S/C13H21N2O5S.C4H10.C2H6/c1-4-10(2)20-13-11(8-14-21(3,18)19)6-5-7-12(13)15(17)9-16;1-3-4-2;1-2/h5-7,10,14,16H,4,8-9H2,1-3H3;3-4H2,1-2H3;1-2H3/q+1;;. The summed E-state index contributed by atoms with van der Waals surface area (Å²) in [6.45, 7) is 11.4. The molecule has 0 spiro atoms. The van der Waals surface area contributed by atoms with Gasteiger partial charge in [0.1, 0.15) is 0 Å². The molecule has 0 fully saturated rings. The number of nitroso groups, excluding NO2 is 1. The molecule has 0 aliphatic rings. The highest BCUT2D eigenvalue weighted by molar-refractivity contribution is 7.88. The minimum Gasteiger partial charge on any atom is -0.484 e. The fourth-order valence-corrected chi connectivity index (χ4v) is 2.03. The van der Waals surface area contributed by atoms with Crippen LogP contribution in [0, 0.1) is 4.91 Å². The molecule has 2 N–H and O–H groups in total. The highest BCUT2D eigenvalue weighted by Crippen LogP contribution is 2.32. The molecular formula is C19H37N2O5S+. The van der Waals surface area contributed by atoms with Crippen LogP contribution in [0.15, 0.2) is 18.2 Å². The van der Waals surface area contributed by atoms with Crippen LogP contribution in [0.25, 0.3) is 0 Å². The van der Waals surface area contributed by atoms with Gasteiger partial charge in [0.25, 0.3) is 6.73 Å². The largest absolute Gasteiger partial charge is 0.484 e. The van der Waals surface area contributed by atoms with Crippen LogP contribution < -0.4 is 9.46 Å². The average molecular weight is 406 g/mol. The number of hydrogen-bond acceptors (Lipinski definition) is 5. The molecule has 0 saturated carbocycles. The summed E-state index contributed by atoms with van der Waals surface area (Å²) >= 11 is 0. The molecule has 0 aliphatic carbocycles. The summed E-state index contributed by atoms with van der Waals surface area (Å²) in [6, 6.07) is 4.80. The zero-order chi connectivity index (χ0) is 21.5. The van der Waals surface area contributed by atoms with Crippen LogP contribution in [0.1, 0.15) is 66.4 Å². The molecule has 158 valence electrons. The maximum Gasteiger partial charge on any atom is 0.300 e. The van der Waals surface area contributed by atoms with Crippen LogP contribution in [0.2, 0.25) is 0 Å². The second-order valence-electron chi connectivity index (χ2n) is 5.72. The van der Waals surface area contributed by atoms with Crippen LogP contribution in [-0.4, -0.2) is 37.4 Å². The van der Waals surface area contributed by atoms with E-state index in [4.69, 9.17) is 9.84 Å². The first kappa shape index (κ1) is 27.7. The number of aliphatic hydroxyl groups excluding tert-OH is 1. The molecule has 1 rings (SSSR count). The van der Waals surface area contributed by atoms with Crippen LogP contribution in [0.4, 0.5) is 5.69 Å². The fraction of sp³-hybridized carbons (Fsp3) is 0.684. The number of unbranched alkanes of at least 4 members (excludes halogenated alkanes) is 1. The van der Waals surface area contributed by atoms with Crippen molar-refractivity contribution in [3.63, 3.8) is 0 Å². The summed E-state index contributed by atoms with van der Waals surface area (Å²) in [7, 11) is -3.36. The molecule has 8 heteroatoms. The first-order valence-corrected chi connectivity index (χ1v) is 11.4. The number of sulfonamides is 1. The van der Waals surface area contributed by atoms with Gasteiger partial charge in [-0.15, -0.1) is 0 Å². The maximum atomic E-state index is 11.7. The third-order valence-corrected chi connectivity index (χ3v) is 4.06. The predicted octanol–water partition coefficient (Wildman–Crippen LogP) is 4.11. The van der Waals surface area contributed by atoms with Gasteiger partial charge >= 0.3 is 5.69 Å². The molecule has 1 aromatic rings. The molecule has 0 heterocycles. The second-order valence-corrected chi connectivity index (χ2v) is 7.55. The van der Waals surface area contributed by atoms with Gasteiger partial charge in [0.15, 0.2) is 5.75 Å². The van der Waals surface area contributed by atoms with Crippen molar-refractivity contribution in [2.75, 3.05) is 13.0 Å². The molecule has 0 saturated heterocycles. The van der Waals surface area contributed by atoms with E-state index in [0.29, 0.717) is 10.3 Å². The molecule has 0 aliphatic heterocycles. The fourth-order valence-electron chi connectivity index (χ4n) is 1.61. The number of nitrogens with zero attached hydrogens (tertiary/aromatic N) is 1. The monoisotopic (exact) mass is 405 g/mol. The number of aliphatic hydroxyl groups is 1. The Morgan fingerprint density at radius 1 is 1.19 bits per heavy atom. The average Bonchev–Trinajstić information content (AvgIpc) is 2.67. The number of hydrogen-bond donors (Lipinski definition) is 2. The van der Waals surface area contributed by atoms with Crippen molar-refractivity contribution in [1.29, 1.82) is 0 Å². The van der Waals surface area contributed by atoms with E-state index in [9.17, 15) is 13.3 Å². The normalized spacial score (nSPS) is 11.4. The van der Waals surface area contributed by atoms with E-state index in [1.807, 2.05) is 27.7 Å². The summed E-state index contributed by atoms with van der Waals surface area (Å²) in [5, 5.41) is 9.00. The Balaban J connectivity index is 0. The van der Waals surface area contributed by atoms with E-state index in [1.165, 1.54) is 18.9 Å². The smallest absolute Gasteiger partial charge is 0.300 e. The van der Waals surface area contributed by atoms with Crippen LogP contribution in [0.3, 0.4) is 0 Å². The number of para-hydroxylation sites is 1. The molecule has 27 heavy (non-hydrogen) atoms. The van der Waals surface area contributed by atoms with Gasteiger partial charge in [-0.3, -0.25) is 0 Å². The van der Waals surface area contributed by atoms with Crippen LogP contribution >= 0.6 is 0 Å². The van der Waals surface area contributed by atoms with Gasteiger partial charge in [-0.1, -0.05) is 59.6 Å². The zero-order valence-corrected chi connectivity index (χ0v) is 18.6. The Morgan fingerprint density at radius 2 is 1.74 bits per heavy atom. The van der Waals surface area contributed by atoms with E-state index < -0.39 is 16.8 Å². The first-order chi connectivity index (χ1) is 12.7. The maximum absolute atomic E-state index is 11.7. The van der Waals surface area contributed by atoms with Gasteiger partial charge in [-0.25, -0.2) is 13.1 Å². The lowest BCUT2D eigenvalue weighted by Crippen LogP contribution is -2.22. The third kappa shape index (κ3) is 12.5. The number of rotatable bonds is 9. The Kier molecular flexibility index (Phi) is 15.9. The molecule has 1 aromatic carbocycles. The number of nitrogens with one attached hydrogen (secondary N) is 1. The highest BCUT2D eigenvalue weighted by Gasteiger charge is 2.24. The lowest BCUT2D eigenvalue weighted by molar-refractivity contribution is -0.505. The molecule has 0 radical (unpaired) electrons. The zero-order valence-electron chi connectivity index (χ0n) is 17.8. The van der Waals surface area contributed by atoms with Gasteiger partial charge in [-0.05, 0) is 13.3 Å². The Hall–Kier alpha value is -1.51. The predicted molar refractivity (Wildman–Crippen MR) is 111 cm³/mol. The van der Waals surface area contributed by atoms with Crippen molar-refractivity contribution < 1.29 is 23.0 Å². The minimum atomic E-state index is -3.36. The van der Waals surface area contributed by atoms with Crippen molar-refractivity contribution in [1.82, 2.24) is 4.72 Å². The minimum absolute atomic E-state index is 0.0116. The van der Waals surface area contributed by atoms with Crippen molar-refractivity contribution in [2.45, 2.75) is 73.5 Å². The first-order valence-electron chi connectivity index (χ1n) is 9.48. The summed E-state index contributed by atoms with van der Waals surface area (Å²) in [6.07, 6.45) is 4.28. The SMILES string of the molecule is CC.CCC(C)Oc1c(CNS(C)(=O)=O)cccc1[N+](=O)CO.CCCC. The second kappa shape index (κ2) is 15.5. The number of ether oxygens (including phenoxy) is 1. The van der Waals surface area contributed by atoms with E-state index in [2.05, 4.69) is 18.6 Å². The summed E-state index contributed by atoms with van der Waals surface area (Å²) < 4.78 is 30.9. The molecular weight excluding hydrogens is 368 g/mol. The van der Waals surface area contributed by atoms with Gasteiger partial charge in [-0.2, -0.15) is 0 Å². The molecule has 1 unspecified atom stereocenters. The highest BCUT2D eigenvalue weighted by atomic mass is 32.2. The Bertz CT molecular complexity index is 631. The lowest BCUT2D eigenvalue weighted by atomic mass is 10.1. The quantitative estimate of drug-likeness (QED) is 0.476. The summed E-state index contributed by atoms with van der Waals surface area (Å²) in [5.41, 5.74) is 0.707.